The fourth-order valence-electron chi connectivity index (χ4n) is 4.11. The Balaban J connectivity index is 1.90. The van der Waals surface area contributed by atoms with Crippen molar-refractivity contribution < 1.29 is 27.1 Å². The van der Waals surface area contributed by atoms with E-state index in [-0.39, 0.29) is 24.2 Å². The molecule has 0 aliphatic heterocycles. The van der Waals surface area contributed by atoms with Crippen molar-refractivity contribution in [3.63, 3.8) is 0 Å². The second-order valence-electron chi connectivity index (χ2n) is 7.06. The van der Waals surface area contributed by atoms with Crippen molar-refractivity contribution in [2.75, 3.05) is 6.61 Å². The van der Waals surface area contributed by atoms with Crippen molar-refractivity contribution in [3.05, 3.63) is 88.5 Å². The van der Waals surface area contributed by atoms with E-state index < -0.39 is 35.5 Å². The average molecular weight is 418 g/mol. The van der Waals surface area contributed by atoms with Gasteiger partial charge in [-0.15, -0.1) is 0 Å². The monoisotopic (exact) mass is 418 g/mol. The number of carbonyl (C=O) groups excluding carboxylic acids is 1. The van der Waals surface area contributed by atoms with Crippen molar-refractivity contribution in [3.8, 4) is 0 Å². The molecule has 4 nitrogen and oxygen atoms in total. The molecule has 0 saturated heterocycles. The minimum Gasteiger partial charge on any atom is -0.462 e. The first kappa shape index (κ1) is 20.1. The maximum atomic E-state index is 14.7. The predicted octanol–water partition coefficient (Wildman–Crippen LogP) is 5.34. The molecule has 4 rings (SSSR count). The number of hydrogen-bond acceptors (Lipinski definition) is 3. The number of rotatable bonds is 4. The molecule has 2 atom stereocenters. The SMILES string of the molecule is CCOC(=O)c1cc2c(cc1F)C(n1cccn1)CC2c1ccccc1C(F)(F)F. The molecule has 0 bridgehead atoms. The van der Waals surface area contributed by atoms with Gasteiger partial charge in [-0.1, -0.05) is 18.2 Å². The number of fused-ring (bicyclic) bond motifs is 1. The van der Waals surface area contributed by atoms with Crippen LogP contribution in [0.1, 0.15) is 57.9 Å². The highest BCUT2D eigenvalue weighted by Gasteiger charge is 2.40. The van der Waals surface area contributed by atoms with Gasteiger partial charge in [-0.2, -0.15) is 18.3 Å². The second-order valence-corrected chi connectivity index (χ2v) is 7.06. The molecule has 0 spiro atoms. The van der Waals surface area contributed by atoms with E-state index in [1.165, 1.54) is 24.3 Å². The molecule has 0 N–H and O–H groups in total. The largest absolute Gasteiger partial charge is 0.462 e. The quantitative estimate of drug-likeness (QED) is 0.424. The van der Waals surface area contributed by atoms with E-state index in [0.717, 1.165) is 6.07 Å². The zero-order valence-electron chi connectivity index (χ0n) is 16.0. The topological polar surface area (TPSA) is 44.1 Å². The first-order chi connectivity index (χ1) is 14.3. The van der Waals surface area contributed by atoms with E-state index in [1.807, 2.05) is 0 Å². The molecule has 0 saturated carbocycles. The number of nitrogens with zero attached hydrogens (tertiary/aromatic N) is 2. The van der Waals surface area contributed by atoms with Crippen LogP contribution < -0.4 is 0 Å². The molecule has 2 unspecified atom stereocenters. The molecule has 0 amide bonds. The number of aromatic nitrogens is 2. The van der Waals surface area contributed by atoms with Crippen LogP contribution in [0.25, 0.3) is 0 Å². The summed E-state index contributed by atoms with van der Waals surface area (Å²) in [7, 11) is 0. The molecule has 8 heteroatoms. The van der Waals surface area contributed by atoms with Gasteiger partial charge in [0.2, 0.25) is 0 Å². The molecule has 2 aromatic carbocycles. The van der Waals surface area contributed by atoms with Crippen molar-refractivity contribution in [1.29, 1.82) is 0 Å². The molecule has 0 fully saturated rings. The third-order valence-electron chi connectivity index (χ3n) is 5.35. The lowest BCUT2D eigenvalue weighted by molar-refractivity contribution is -0.138. The number of carbonyl (C=O) groups is 1. The molecule has 0 radical (unpaired) electrons. The molecule has 1 heterocycles. The van der Waals surface area contributed by atoms with Crippen LogP contribution in [0.3, 0.4) is 0 Å². The van der Waals surface area contributed by atoms with E-state index in [2.05, 4.69) is 5.10 Å². The number of benzene rings is 2. The van der Waals surface area contributed by atoms with Crippen molar-refractivity contribution in [2.45, 2.75) is 31.5 Å². The standard InChI is InChI=1S/C22H18F4N2O2/c1-2-30-21(29)17-10-14-15(13-6-3-4-7-18(13)22(24,25)26)12-20(16(14)11-19(17)23)28-9-5-8-27-28/h3-11,15,20H,2,12H2,1H3. The number of esters is 1. The van der Waals surface area contributed by atoms with Gasteiger partial charge in [0.05, 0.1) is 23.8 Å². The highest BCUT2D eigenvalue weighted by atomic mass is 19.4. The molecular weight excluding hydrogens is 400 g/mol. The van der Waals surface area contributed by atoms with Crippen LogP contribution in [0, 0.1) is 5.82 Å². The Labute approximate surface area is 170 Å². The molecular formula is C22H18F4N2O2. The third-order valence-corrected chi connectivity index (χ3v) is 5.35. The third kappa shape index (κ3) is 3.46. The van der Waals surface area contributed by atoms with Gasteiger partial charge in [-0.3, -0.25) is 4.68 Å². The molecule has 1 aliphatic rings. The second kappa shape index (κ2) is 7.59. The minimum absolute atomic E-state index is 0.0611. The number of alkyl halides is 3. The van der Waals surface area contributed by atoms with Gasteiger partial charge in [-0.05, 0) is 54.3 Å². The molecule has 156 valence electrons. The lowest BCUT2D eigenvalue weighted by Gasteiger charge is -2.19. The van der Waals surface area contributed by atoms with Gasteiger partial charge in [0.25, 0.3) is 0 Å². The summed E-state index contributed by atoms with van der Waals surface area (Å²) in [5, 5.41) is 4.19. The van der Waals surface area contributed by atoms with E-state index in [9.17, 15) is 22.4 Å². The van der Waals surface area contributed by atoms with Crippen LogP contribution in [0.5, 0.6) is 0 Å². The summed E-state index contributed by atoms with van der Waals surface area (Å²) in [6.45, 7) is 1.66. The summed E-state index contributed by atoms with van der Waals surface area (Å²) < 4.78 is 62.2. The van der Waals surface area contributed by atoms with Crippen LogP contribution in [-0.4, -0.2) is 22.4 Å². The summed E-state index contributed by atoms with van der Waals surface area (Å²) in [5.74, 6) is -2.29. The Morgan fingerprint density at radius 3 is 2.60 bits per heavy atom. The average Bonchev–Trinajstić information content (AvgIpc) is 3.34. The number of ether oxygens (including phenoxy) is 1. The molecule has 1 aliphatic carbocycles. The van der Waals surface area contributed by atoms with Crippen LogP contribution in [0.15, 0.2) is 54.9 Å². The lowest BCUT2D eigenvalue weighted by Crippen LogP contribution is -2.13. The summed E-state index contributed by atoms with van der Waals surface area (Å²) in [5.41, 5.74) is 0.0282. The van der Waals surface area contributed by atoms with Crippen LogP contribution in [-0.2, 0) is 10.9 Å². The number of hydrogen-bond donors (Lipinski definition) is 0. The van der Waals surface area contributed by atoms with E-state index in [1.54, 1.807) is 36.1 Å². The van der Waals surface area contributed by atoms with Gasteiger partial charge in [0.1, 0.15) is 5.82 Å². The van der Waals surface area contributed by atoms with Crippen molar-refractivity contribution >= 4 is 5.97 Å². The smallest absolute Gasteiger partial charge is 0.416 e. The van der Waals surface area contributed by atoms with E-state index in [0.29, 0.717) is 11.1 Å². The fraction of sp³-hybridized carbons (Fsp3) is 0.273. The molecule has 3 aromatic rings. The summed E-state index contributed by atoms with van der Waals surface area (Å²) >= 11 is 0. The van der Waals surface area contributed by atoms with Gasteiger partial charge in [0, 0.05) is 18.3 Å². The van der Waals surface area contributed by atoms with Gasteiger partial charge in [-0.25, -0.2) is 9.18 Å². The Hall–Kier alpha value is -3.16. The summed E-state index contributed by atoms with van der Waals surface area (Å²) in [6, 6.07) is 9.12. The van der Waals surface area contributed by atoms with Gasteiger partial charge >= 0.3 is 12.1 Å². The first-order valence-electron chi connectivity index (χ1n) is 9.47. The highest BCUT2D eigenvalue weighted by molar-refractivity contribution is 5.90. The zero-order valence-corrected chi connectivity index (χ0v) is 16.0. The van der Waals surface area contributed by atoms with Crippen LogP contribution in [0.2, 0.25) is 0 Å². The highest BCUT2D eigenvalue weighted by Crippen LogP contribution is 2.49. The fourth-order valence-corrected chi connectivity index (χ4v) is 4.11. The van der Waals surface area contributed by atoms with Crippen LogP contribution >= 0.6 is 0 Å². The zero-order chi connectivity index (χ0) is 21.5. The van der Waals surface area contributed by atoms with E-state index >= 15 is 0 Å². The maximum Gasteiger partial charge on any atom is 0.416 e. The maximum absolute atomic E-state index is 14.7. The van der Waals surface area contributed by atoms with Crippen molar-refractivity contribution in [2.24, 2.45) is 0 Å². The van der Waals surface area contributed by atoms with E-state index in [4.69, 9.17) is 4.74 Å². The van der Waals surface area contributed by atoms with Gasteiger partial charge < -0.3 is 4.74 Å². The van der Waals surface area contributed by atoms with Crippen molar-refractivity contribution in [1.82, 2.24) is 9.78 Å². The Kier molecular flexibility index (Phi) is 5.09. The predicted molar refractivity (Wildman–Crippen MR) is 101 cm³/mol. The number of halogens is 4. The van der Waals surface area contributed by atoms with Gasteiger partial charge in [0.15, 0.2) is 0 Å². The Morgan fingerprint density at radius 2 is 1.93 bits per heavy atom. The summed E-state index contributed by atoms with van der Waals surface area (Å²) in [6.07, 6.45) is -1.04. The normalized spacial score (nSPS) is 18.3. The lowest BCUT2D eigenvalue weighted by atomic mass is 9.88. The Morgan fingerprint density at radius 1 is 1.17 bits per heavy atom. The van der Waals surface area contributed by atoms with Crippen LogP contribution in [0.4, 0.5) is 17.6 Å². The Bertz CT molecular complexity index is 1080. The summed E-state index contributed by atoms with van der Waals surface area (Å²) in [4.78, 5) is 12.2. The molecule has 1 aromatic heterocycles. The first-order valence-corrected chi connectivity index (χ1v) is 9.47. The minimum atomic E-state index is -4.54. The molecule has 30 heavy (non-hydrogen) atoms.